The van der Waals surface area contributed by atoms with Crippen molar-refractivity contribution in [3.8, 4) is 0 Å². The second-order valence-electron chi connectivity index (χ2n) is 6.03. The summed E-state index contributed by atoms with van der Waals surface area (Å²) in [6.07, 6.45) is 2.92. The largest absolute Gasteiger partial charge is 0.425 e. The molecule has 1 aliphatic rings. The molecule has 6 nitrogen and oxygen atoms in total. The van der Waals surface area contributed by atoms with E-state index in [2.05, 4.69) is 41.2 Å². The number of amides is 1. The van der Waals surface area contributed by atoms with E-state index in [-0.39, 0.29) is 11.8 Å². The lowest BCUT2D eigenvalue weighted by Crippen LogP contribution is -2.41. The summed E-state index contributed by atoms with van der Waals surface area (Å²) in [6, 6.07) is 0. The number of likely N-dealkylation sites (tertiary alicyclic amines) is 1. The van der Waals surface area contributed by atoms with Gasteiger partial charge in [0, 0.05) is 18.4 Å². The van der Waals surface area contributed by atoms with Gasteiger partial charge in [0.25, 0.3) is 0 Å². The lowest BCUT2D eigenvalue weighted by Gasteiger charge is -2.29. The average molecular weight is 294 g/mol. The van der Waals surface area contributed by atoms with Gasteiger partial charge in [-0.2, -0.15) is 0 Å². The molecule has 0 bridgehead atoms. The summed E-state index contributed by atoms with van der Waals surface area (Å²) in [5.41, 5.74) is 0. The van der Waals surface area contributed by atoms with Crippen LogP contribution in [0.3, 0.4) is 0 Å². The van der Waals surface area contributed by atoms with Crippen LogP contribution in [-0.2, 0) is 4.79 Å². The maximum atomic E-state index is 11.7. The molecule has 118 valence electrons. The molecule has 21 heavy (non-hydrogen) atoms. The Morgan fingerprint density at radius 1 is 1.38 bits per heavy atom. The average Bonchev–Trinajstić information content (AvgIpc) is 2.96. The first-order chi connectivity index (χ1) is 10.1. The van der Waals surface area contributed by atoms with Crippen LogP contribution in [-0.4, -0.2) is 47.2 Å². The summed E-state index contributed by atoms with van der Waals surface area (Å²) in [5, 5.41) is 11.2. The minimum atomic E-state index is 0.121. The molecule has 1 N–H and O–H groups in total. The molecule has 1 fully saturated rings. The Hall–Kier alpha value is -1.43. The fraction of sp³-hybridized carbons (Fsp3) is 0.800. The lowest BCUT2D eigenvalue weighted by atomic mass is 9.97. The monoisotopic (exact) mass is 294 g/mol. The van der Waals surface area contributed by atoms with Crippen LogP contribution in [0.1, 0.15) is 63.7 Å². The van der Waals surface area contributed by atoms with Crippen molar-refractivity contribution in [3.05, 3.63) is 11.8 Å². The number of nitrogens with zero attached hydrogens (tertiary/aromatic N) is 3. The molecule has 2 heterocycles. The maximum Gasteiger partial charge on any atom is 0.234 e. The van der Waals surface area contributed by atoms with Gasteiger partial charge in [-0.3, -0.25) is 9.69 Å². The van der Waals surface area contributed by atoms with Crippen molar-refractivity contribution >= 4 is 5.91 Å². The van der Waals surface area contributed by atoms with Crippen molar-refractivity contribution in [2.75, 3.05) is 26.2 Å². The van der Waals surface area contributed by atoms with Crippen LogP contribution in [0.25, 0.3) is 0 Å². The molecule has 0 atom stereocenters. The predicted molar refractivity (Wildman–Crippen MR) is 80.1 cm³/mol. The molecule has 0 saturated carbocycles. The van der Waals surface area contributed by atoms with E-state index < -0.39 is 0 Å². The summed E-state index contributed by atoms with van der Waals surface area (Å²) >= 11 is 0. The molecule has 0 aromatic carbocycles. The Kier molecular flexibility index (Phi) is 5.73. The molecule has 1 saturated heterocycles. The third-order valence-electron chi connectivity index (χ3n) is 3.83. The van der Waals surface area contributed by atoms with Crippen LogP contribution in [0.2, 0.25) is 0 Å². The standard InChI is InChI=1S/C15H26N4O2/c1-4-7-16-13(20)10-19-8-5-12(6-9-19)15-18-17-14(21-15)11(2)3/h11-12H,4-10H2,1-3H3,(H,16,20). The number of nitrogens with one attached hydrogen (secondary N) is 1. The van der Waals surface area contributed by atoms with Gasteiger partial charge in [0.2, 0.25) is 17.7 Å². The number of carbonyl (C=O) groups is 1. The van der Waals surface area contributed by atoms with Crippen molar-refractivity contribution in [2.45, 2.75) is 51.9 Å². The van der Waals surface area contributed by atoms with Crippen LogP contribution in [0.15, 0.2) is 4.42 Å². The minimum absolute atomic E-state index is 0.121. The molecule has 1 aromatic heterocycles. The molecule has 0 spiro atoms. The first-order valence-electron chi connectivity index (χ1n) is 7.92. The first kappa shape index (κ1) is 15.9. The summed E-state index contributed by atoms with van der Waals surface area (Å²) in [5.74, 6) is 2.20. The highest BCUT2D eigenvalue weighted by molar-refractivity contribution is 5.77. The molecule has 1 amide bonds. The number of hydrogen-bond acceptors (Lipinski definition) is 5. The van der Waals surface area contributed by atoms with Crippen molar-refractivity contribution in [1.82, 2.24) is 20.4 Å². The molecule has 0 aliphatic carbocycles. The normalized spacial score (nSPS) is 17.3. The van der Waals surface area contributed by atoms with Crippen molar-refractivity contribution < 1.29 is 9.21 Å². The fourth-order valence-electron chi connectivity index (χ4n) is 2.51. The van der Waals surface area contributed by atoms with Gasteiger partial charge in [0.15, 0.2) is 0 Å². The van der Waals surface area contributed by atoms with E-state index >= 15 is 0 Å². The van der Waals surface area contributed by atoms with Crippen LogP contribution < -0.4 is 5.32 Å². The molecule has 0 radical (unpaired) electrons. The van der Waals surface area contributed by atoms with E-state index in [1.807, 2.05) is 0 Å². The topological polar surface area (TPSA) is 71.3 Å². The predicted octanol–water partition coefficient (Wildman–Crippen LogP) is 1.90. The van der Waals surface area contributed by atoms with Gasteiger partial charge in [-0.1, -0.05) is 20.8 Å². The van der Waals surface area contributed by atoms with E-state index in [0.29, 0.717) is 18.4 Å². The second-order valence-corrected chi connectivity index (χ2v) is 6.03. The molecule has 2 rings (SSSR count). The zero-order valence-corrected chi connectivity index (χ0v) is 13.3. The third kappa shape index (κ3) is 4.52. The fourth-order valence-corrected chi connectivity index (χ4v) is 2.51. The van der Waals surface area contributed by atoms with Crippen molar-refractivity contribution in [2.24, 2.45) is 0 Å². The van der Waals surface area contributed by atoms with E-state index in [4.69, 9.17) is 4.42 Å². The Balaban J connectivity index is 1.78. The maximum absolute atomic E-state index is 11.7. The minimum Gasteiger partial charge on any atom is -0.425 e. The zero-order valence-electron chi connectivity index (χ0n) is 13.3. The van der Waals surface area contributed by atoms with E-state index in [9.17, 15) is 4.79 Å². The van der Waals surface area contributed by atoms with E-state index in [1.54, 1.807) is 0 Å². The van der Waals surface area contributed by atoms with Gasteiger partial charge in [0.05, 0.1) is 6.54 Å². The summed E-state index contributed by atoms with van der Waals surface area (Å²) in [4.78, 5) is 13.9. The van der Waals surface area contributed by atoms with E-state index in [0.717, 1.165) is 44.8 Å². The highest BCUT2D eigenvalue weighted by Gasteiger charge is 2.26. The Labute approximate surface area is 126 Å². The van der Waals surface area contributed by atoms with Crippen molar-refractivity contribution in [3.63, 3.8) is 0 Å². The van der Waals surface area contributed by atoms with Gasteiger partial charge in [-0.15, -0.1) is 10.2 Å². The molecule has 1 aromatic rings. The summed E-state index contributed by atoms with van der Waals surface area (Å²) in [7, 11) is 0. The number of piperidine rings is 1. The molecule has 1 aliphatic heterocycles. The molecular weight excluding hydrogens is 268 g/mol. The highest BCUT2D eigenvalue weighted by Crippen LogP contribution is 2.28. The molecular formula is C15H26N4O2. The van der Waals surface area contributed by atoms with Gasteiger partial charge in [-0.25, -0.2) is 0 Å². The first-order valence-corrected chi connectivity index (χ1v) is 7.92. The quantitative estimate of drug-likeness (QED) is 0.867. The third-order valence-corrected chi connectivity index (χ3v) is 3.83. The van der Waals surface area contributed by atoms with Crippen LogP contribution in [0.4, 0.5) is 0 Å². The number of hydrogen-bond donors (Lipinski definition) is 1. The summed E-state index contributed by atoms with van der Waals surface area (Å²) < 4.78 is 5.73. The number of carbonyl (C=O) groups excluding carboxylic acids is 1. The van der Waals surface area contributed by atoms with E-state index in [1.165, 1.54) is 0 Å². The Bertz CT molecular complexity index is 450. The smallest absolute Gasteiger partial charge is 0.234 e. The second kappa shape index (κ2) is 7.54. The lowest BCUT2D eigenvalue weighted by molar-refractivity contribution is -0.122. The molecule has 6 heteroatoms. The van der Waals surface area contributed by atoms with Crippen LogP contribution >= 0.6 is 0 Å². The van der Waals surface area contributed by atoms with Gasteiger partial charge in [-0.05, 0) is 32.4 Å². The Morgan fingerprint density at radius 3 is 2.67 bits per heavy atom. The van der Waals surface area contributed by atoms with Crippen molar-refractivity contribution in [1.29, 1.82) is 0 Å². The number of rotatable bonds is 6. The molecule has 0 unspecified atom stereocenters. The van der Waals surface area contributed by atoms with Gasteiger partial charge >= 0.3 is 0 Å². The van der Waals surface area contributed by atoms with Gasteiger partial charge < -0.3 is 9.73 Å². The van der Waals surface area contributed by atoms with Crippen LogP contribution in [0.5, 0.6) is 0 Å². The Morgan fingerprint density at radius 2 is 2.10 bits per heavy atom. The van der Waals surface area contributed by atoms with Crippen LogP contribution in [0, 0.1) is 0 Å². The zero-order chi connectivity index (χ0) is 15.2. The number of aromatic nitrogens is 2. The summed E-state index contributed by atoms with van der Waals surface area (Å²) in [6.45, 7) is 9.22. The highest BCUT2D eigenvalue weighted by atomic mass is 16.4. The SMILES string of the molecule is CCCNC(=O)CN1CCC(c2nnc(C(C)C)o2)CC1. The van der Waals surface area contributed by atoms with Gasteiger partial charge in [0.1, 0.15) is 0 Å².